The van der Waals surface area contributed by atoms with Crippen LogP contribution in [0.1, 0.15) is 71.6 Å². The Morgan fingerprint density at radius 1 is 0.950 bits per heavy atom. The quantitative estimate of drug-likeness (QED) is 0.616. The minimum atomic E-state index is 0.143. The Balaban J connectivity index is 1.70. The summed E-state index contributed by atoms with van der Waals surface area (Å²) in [6.45, 7) is 4.86. The van der Waals surface area contributed by atoms with E-state index >= 15 is 0 Å². The third-order valence-electron chi connectivity index (χ3n) is 7.62. The van der Waals surface area contributed by atoms with Gasteiger partial charge in [-0.2, -0.15) is 0 Å². The van der Waals surface area contributed by atoms with E-state index in [0.29, 0.717) is 17.3 Å². The van der Waals surface area contributed by atoms with E-state index in [4.69, 9.17) is 4.74 Å². The van der Waals surface area contributed by atoms with Gasteiger partial charge in [0.2, 0.25) is 0 Å². The van der Waals surface area contributed by atoms with Crippen LogP contribution in [0.25, 0.3) is 0 Å². The third kappa shape index (κ3) is 1.60. The van der Waals surface area contributed by atoms with Crippen LogP contribution >= 0.6 is 0 Å². The molecular formula is C18H28O2. The van der Waals surface area contributed by atoms with Gasteiger partial charge in [0.05, 0.1) is 5.92 Å². The Labute approximate surface area is 122 Å². The lowest BCUT2D eigenvalue weighted by Gasteiger charge is -2.58. The largest absolute Gasteiger partial charge is 0.462 e. The number of esters is 1. The first-order chi connectivity index (χ1) is 9.55. The highest BCUT2D eigenvalue weighted by Crippen LogP contribution is 2.62. The van der Waals surface area contributed by atoms with E-state index in [1.165, 1.54) is 51.4 Å². The molecule has 4 rings (SSSR count). The molecular weight excluding hydrogens is 248 g/mol. The summed E-state index contributed by atoms with van der Waals surface area (Å²) in [6.07, 6.45) is 11.7. The number of hydrogen-bond donors (Lipinski definition) is 0. The first kappa shape index (κ1) is 13.2. The van der Waals surface area contributed by atoms with E-state index in [2.05, 4.69) is 13.8 Å². The monoisotopic (exact) mass is 276 g/mol. The zero-order valence-electron chi connectivity index (χ0n) is 13.0. The van der Waals surface area contributed by atoms with Gasteiger partial charge in [0.25, 0.3) is 0 Å². The lowest BCUT2D eigenvalue weighted by Crippen LogP contribution is -2.59. The van der Waals surface area contributed by atoms with Crippen LogP contribution in [0.5, 0.6) is 0 Å². The number of ether oxygens (including phenoxy) is 1. The highest BCUT2D eigenvalue weighted by atomic mass is 16.5. The van der Waals surface area contributed by atoms with Crippen LogP contribution < -0.4 is 0 Å². The molecule has 4 aliphatic rings. The van der Waals surface area contributed by atoms with E-state index in [-0.39, 0.29) is 23.4 Å². The third-order valence-corrected chi connectivity index (χ3v) is 7.62. The molecule has 0 amide bonds. The second-order valence-corrected chi connectivity index (χ2v) is 8.50. The van der Waals surface area contributed by atoms with Gasteiger partial charge in [-0.1, -0.05) is 33.1 Å². The predicted molar refractivity (Wildman–Crippen MR) is 78.1 cm³/mol. The molecule has 4 unspecified atom stereocenters. The van der Waals surface area contributed by atoms with Gasteiger partial charge in [-0.15, -0.1) is 0 Å². The Kier molecular flexibility index (Phi) is 2.79. The topological polar surface area (TPSA) is 26.3 Å². The lowest BCUT2D eigenvalue weighted by molar-refractivity contribution is -0.209. The van der Waals surface area contributed by atoms with Crippen LogP contribution in [-0.4, -0.2) is 12.1 Å². The molecule has 0 aromatic rings. The van der Waals surface area contributed by atoms with Gasteiger partial charge in [-0.3, -0.25) is 4.79 Å². The van der Waals surface area contributed by atoms with Crippen LogP contribution in [0.4, 0.5) is 0 Å². The van der Waals surface area contributed by atoms with E-state index in [1.807, 2.05) is 0 Å². The Hall–Kier alpha value is -0.530. The van der Waals surface area contributed by atoms with Crippen molar-refractivity contribution in [2.45, 2.75) is 77.7 Å². The van der Waals surface area contributed by atoms with Crippen molar-refractivity contribution in [3.63, 3.8) is 0 Å². The molecule has 4 fully saturated rings. The Morgan fingerprint density at radius 3 is 2.65 bits per heavy atom. The summed E-state index contributed by atoms with van der Waals surface area (Å²) in [6, 6.07) is 0. The van der Waals surface area contributed by atoms with Gasteiger partial charge < -0.3 is 4.74 Å². The molecule has 1 aliphatic heterocycles. The summed E-state index contributed by atoms with van der Waals surface area (Å²) < 4.78 is 6.07. The molecule has 2 nitrogen and oxygen atoms in total. The fourth-order valence-electron chi connectivity index (χ4n) is 6.34. The maximum atomic E-state index is 12.6. The second kappa shape index (κ2) is 4.24. The summed E-state index contributed by atoms with van der Waals surface area (Å²) in [4.78, 5) is 12.6. The normalized spacial score (nSPS) is 54.6. The maximum absolute atomic E-state index is 12.6. The Bertz CT molecular complexity index is 431. The minimum absolute atomic E-state index is 0.143. The summed E-state index contributed by atoms with van der Waals surface area (Å²) >= 11 is 0. The van der Waals surface area contributed by atoms with Gasteiger partial charge in [0.1, 0.15) is 6.10 Å². The smallest absolute Gasteiger partial charge is 0.309 e. The van der Waals surface area contributed by atoms with E-state index in [1.54, 1.807) is 0 Å². The number of carbonyl (C=O) groups is 1. The highest BCUT2D eigenvalue weighted by molar-refractivity contribution is 5.75. The molecule has 0 N–H and O–H groups in total. The number of hydrogen-bond acceptors (Lipinski definition) is 2. The molecule has 6 atom stereocenters. The van der Waals surface area contributed by atoms with Gasteiger partial charge in [0.15, 0.2) is 0 Å². The molecule has 2 heteroatoms. The van der Waals surface area contributed by atoms with Crippen LogP contribution in [0, 0.1) is 28.6 Å². The van der Waals surface area contributed by atoms with Crippen molar-refractivity contribution in [2.24, 2.45) is 28.6 Å². The molecule has 3 aliphatic carbocycles. The summed E-state index contributed by atoms with van der Waals surface area (Å²) in [5, 5.41) is 0. The summed E-state index contributed by atoms with van der Waals surface area (Å²) in [7, 11) is 0. The fraction of sp³-hybridized carbons (Fsp3) is 0.944. The van der Waals surface area contributed by atoms with Crippen molar-refractivity contribution < 1.29 is 9.53 Å². The minimum Gasteiger partial charge on any atom is -0.462 e. The first-order valence-electron chi connectivity index (χ1n) is 8.75. The first-order valence-corrected chi connectivity index (χ1v) is 8.75. The molecule has 0 aromatic carbocycles. The van der Waals surface area contributed by atoms with Crippen molar-refractivity contribution in [3.05, 3.63) is 0 Å². The molecule has 0 spiro atoms. The SMILES string of the molecule is C[C@@]12CCCC1C1OC(=O)C3CCCC[C@]3(C)C1CC2. The van der Waals surface area contributed by atoms with Crippen molar-refractivity contribution in [1.29, 1.82) is 0 Å². The average molecular weight is 276 g/mol. The molecule has 112 valence electrons. The van der Waals surface area contributed by atoms with Crippen molar-refractivity contribution in [3.8, 4) is 0 Å². The molecule has 1 heterocycles. The van der Waals surface area contributed by atoms with E-state index in [0.717, 1.165) is 6.42 Å². The van der Waals surface area contributed by atoms with Crippen LogP contribution in [0.2, 0.25) is 0 Å². The molecule has 1 saturated heterocycles. The predicted octanol–water partition coefficient (Wildman–Crippen LogP) is 4.32. The second-order valence-electron chi connectivity index (χ2n) is 8.50. The van der Waals surface area contributed by atoms with Crippen LogP contribution in [0.3, 0.4) is 0 Å². The zero-order valence-corrected chi connectivity index (χ0v) is 13.0. The Morgan fingerprint density at radius 2 is 1.80 bits per heavy atom. The maximum Gasteiger partial charge on any atom is 0.309 e. The standard InChI is InChI=1S/C18H28O2/c1-17-9-5-7-12(17)15-13(8-11-17)18(2)10-4-3-6-14(18)16(19)20-15/h12-15H,3-11H2,1-2H3/t12?,13?,14?,15?,17-,18+/m0/s1. The molecule has 20 heavy (non-hydrogen) atoms. The van der Waals surface area contributed by atoms with Crippen LogP contribution in [-0.2, 0) is 9.53 Å². The van der Waals surface area contributed by atoms with Gasteiger partial charge in [-0.25, -0.2) is 0 Å². The van der Waals surface area contributed by atoms with Crippen molar-refractivity contribution in [2.75, 3.05) is 0 Å². The number of carbonyl (C=O) groups excluding carboxylic acids is 1. The van der Waals surface area contributed by atoms with Crippen molar-refractivity contribution >= 4 is 5.97 Å². The molecule has 0 bridgehead atoms. The van der Waals surface area contributed by atoms with Crippen LogP contribution in [0.15, 0.2) is 0 Å². The lowest BCUT2D eigenvalue weighted by atomic mass is 9.51. The average Bonchev–Trinajstić information content (AvgIpc) is 2.81. The summed E-state index contributed by atoms with van der Waals surface area (Å²) in [5.74, 6) is 1.62. The molecule has 0 radical (unpaired) electrons. The highest BCUT2D eigenvalue weighted by Gasteiger charge is 2.61. The van der Waals surface area contributed by atoms with Gasteiger partial charge in [-0.05, 0) is 49.4 Å². The van der Waals surface area contributed by atoms with Crippen molar-refractivity contribution in [1.82, 2.24) is 0 Å². The van der Waals surface area contributed by atoms with Gasteiger partial charge in [0, 0.05) is 11.8 Å². The fourth-order valence-corrected chi connectivity index (χ4v) is 6.34. The molecule has 0 aromatic heterocycles. The molecule has 3 saturated carbocycles. The number of rotatable bonds is 0. The zero-order chi connectivity index (χ0) is 14.0. The van der Waals surface area contributed by atoms with E-state index < -0.39 is 0 Å². The van der Waals surface area contributed by atoms with Gasteiger partial charge >= 0.3 is 5.97 Å². The van der Waals surface area contributed by atoms with E-state index in [9.17, 15) is 4.79 Å². The number of fused-ring (bicyclic) bond motifs is 5. The summed E-state index contributed by atoms with van der Waals surface area (Å²) in [5.41, 5.74) is 0.696.